The Bertz CT molecular complexity index is 618. The zero-order valence-corrected chi connectivity index (χ0v) is 9.65. The number of carboxylic acids is 2. The lowest BCUT2D eigenvalue weighted by molar-refractivity contribution is 0.0696. The van der Waals surface area contributed by atoms with Crippen molar-refractivity contribution >= 4 is 11.9 Å². The minimum absolute atomic E-state index is 0.145. The average molecular weight is 262 g/mol. The van der Waals surface area contributed by atoms with Gasteiger partial charge in [-0.05, 0) is 18.2 Å². The van der Waals surface area contributed by atoms with Gasteiger partial charge in [0, 0.05) is 6.54 Å². The number of hydrogen-bond donors (Lipinski definition) is 3. The van der Waals surface area contributed by atoms with Gasteiger partial charge in [-0.1, -0.05) is 5.21 Å². The van der Waals surface area contributed by atoms with Crippen LogP contribution in [0.15, 0.2) is 24.4 Å². The topological polar surface area (TPSA) is 131 Å². The Balaban J connectivity index is 2.63. The molecule has 4 N–H and O–H groups in total. The highest BCUT2D eigenvalue weighted by Crippen LogP contribution is 2.15. The van der Waals surface area contributed by atoms with Gasteiger partial charge < -0.3 is 15.9 Å². The molecule has 0 atom stereocenters. The summed E-state index contributed by atoms with van der Waals surface area (Å²) in [5, 5.41) is 25.4. The first kappa shape index (κ1) is 12.7. The van der Waals surface area contributed by atoms with Crippen LogP contribution >= 0.6 is 0 Å². The Morgan fingerprint density at radius 2 is 1.74 bits per heavy atom. The van der Waals surface area contributed by atoms with Gasteiger partial charge in [0.05, 0.1) is 28.7 Å². The third kappa shape index (κ3) is 2.43. The first-order valence-electron chi connectivity index (χ1n) is 5.24. The van der Waals surface area contributed by atoms with Crippen LogP contribution in [0.5, 0.6) is 0 Å². The molecule has 2 rings (SSSR count). The van der Waals surface area contributed by atoms with E-state index >= 15 is 0 Å². The van der Waals surface area contributed by atoms with Crippen molar-refractivity contribution in [1.29, 1.82) is 0 Å². The first-order valence-corrected chi connectivity index (χ1v) is 5.24. The van der Waals surface area contributed by atoms with Crippen LogP contribution in [0.1, 0.15) is 26.4 Å². The number of hydrogen-bond acceptors (Lipinski definition) is 5. The second kappa shape index (κ2) is 4.86. The summed E-state index contributed by atoms with van der Waals surface area (Å²) in [6, 6.07) is 3.69. The molecule has 0 aliphatic carbocycles. The van der Waals surface area contributed by atoms with Gasteiger partial charge in [0.2, 0.25) is 0 Å². The number of carbonyl (C=O) groups is 2. The fourth-order valence-electron chi connectivity index (χ4n) is 1.59. The van der Waals surface area contributed by atoms with E-state index in [1.807, 2.05) is 0 Å². The number of aromatic carboxylic acids is 2. The number of nitrogens with two attached hydrogens (primary N) is 1. The lowest BCUT2D eigenvalue weighted by atomic mass is 10.1. The monoisotopic (exact) mass is 262 g/mol. The fraction of sp³-hybridized carbons (Fsp3) is 0.0909. The van der Waals surface area contributed by atoms with E-state index < -0.39 is 11.9 Å². The van der Waals surface area contributed by atoms with Crippen LogP contribution in [0.3, 0.4) is 0 Å². The third-order valence-electron chi connectivity index (χ3n) is 2.49. The first-order chi connectivity index (χ1) is 9.02. The molecule has 2 aromatic rings. The molecule has 0 unspecified atom stereocenters. The second-order valence-electron chi connectivity index (χ2n) is 3.72. The van der Waals surface area contributed by atoms with E-state index in [1.54, 1.807) is 0 Å². The standard InChI is InChI=1S/C11H10N4O4/c12-4-9-5-13-14-15(9)8-2-6(10(16)17)1-7(3-8)11(18)19/h1-3,5H,4,12H2,(H,16,17)(H,18,19). The van der Waals surface area contributed by atoms with Crippen LogP contribution in [0, 0.1) is 0 Å². The summed E-state index contributed by atoms with van der Waals surface area (Å²) in [5.41, 5.74) is 6.03. The van der Waals surface area contributed by atoms with E-state index in [2.05, 4.69) is 10.3 Å². The van der Waals surface area contributed by atoms with Gasteiger partial charge in [0.25, 0.3) is 0 Å². The summed E-state index contributed by atoms with van der Waals surface area (Å²) >= 11 is 0. The van der Waals surface area contributed by atoms with Crippen LogP contribution in [0.25, 0.3) is 5.69 Å². The third-order valence-corrected chi connectivity index (χ3v) is 2.49. The summed E-state index contributed by atoms with van der Waals surface area (Å²) in [5.74, 6) is -2.45. The van der Waals surface area contributed by atoms with Gasteiger partial charge in [0.15, 0.2) is 0 Å². The smallest absolute Gasteiger partial charge is 0.335 e. The largest absolute Gasteiger partial charge is 0.478 e. The molecule has 0 saturated heterocycles. The molecule has 8 nitrogen and oxygen atoms in total. The molecule has 0 spiro atoms. The van der Waals surface area contributed by atoms with Gasteiger partial charge in [0.1, 0.15) is 0 Å². The van der Waals surface area contributed by atoms with Crippen molar-refractivity contribution in [2.75, 3.05) is 0 Å². The number of nitrogens with zero attached hydrogens (tertiary/aromatic N) is 3. The van der Waals surface area contributed by atoms with Crippen molar-refractivity contribution in [2.24, 2.45) is 5.73 Å². The van der Waals surface area contributed by atoms with Crippen molar-refractivity contribution in [1.82, 2.24) is 15.0 Å². The van der Waals surface area contributed by atoms with E-state index in [-0.39, 0.29) is 23.4 Å². The lowest BCUT2D eigenvalue weighted by Crippen LogP contribution is -2.10. The van der Waals surface area contributed by atoms with Crippen molar-refractivity contribution in [3.63, 3.8) is 0 Å². The van der Waals surface area contributed by atoms with E-state index in [0.29, 0.717) is 5.69 Å². The molecule has 0 saturated carbocycles. The number of aromatic nitrogens is 3. The molecule has 98 valence electrons. The summed E-state index contributed by atoms with van der Waals surface area (Å²) in [7, 11) is 0. The zero-order chi connectivity index (χ0) is 14.0. The number of carboxylic acid groups (broad SMARTS) is 2. The zero-order valence-electron chi connectivity index (χ0n) is 9.65. The molecule has 0 bridgehead atoms. The van der Waals surface area contributed by atoms with E-state index in [0.717, 1.165) is 6.07 Å². The molecule has 8 heteroatoms. The molecule has 0 radical (unpaired) electrons. The lowest BCUT2D eigenvalue weighted by Gasteiger charge is -2.07. The summed E-state index contributed by atoms with van der Waals surface area (Å²) < 4.78 is 1.30. The molecule has 1 aromatic carbocycles. The molecule has 19 heavy (non-hydrogen) atoms. The summed E-state index contributed by atoms with van der Waals surface area (Å²) in [6.45, 7) is 0.146. The van der Waals surface area contributed by atoms with E-state index in [9.17, 15) is 9.59 Å². The quantitative estimate of drug-likeness (QED) is 0.713. The highest BCUT2D eigenvalue weighted by molar-refractivity contribution is 5.94. The molecule has 0 aliphatic rings. The molecule has 1 heterocycles. The molecular weight excluding hydrogens is 252 g/mol. The molecular formula is C11H10N4O4. The Kier molecular flexibility index (Phi) is 3.25. The molecule has 0 fully saturated rings. The Morgan fingerprint density at radius 1 is 1.16 bits per heavy atom. The minimum Gasteiger partial charge on any atom is -0.478 e. The van der Waals surface area contributed by atoms with Gasteiger partial charge in [-0.3, -0.25) is 0 Å². The van der Waals surface area contributed by atoms with Crippen LogP contribution in [-0.4, -0.2) is 37.1 Å². The SMILES string of the molecule is NCc1cnnn1-c1cc(C(=O)O)cc(C(=O)O)c1. The number of rotatable bonds is 4. The van der Waals surface area contributed by atoms with Crippen molar-refractivity contribution < 1.29 is 19.8 Å². The normalized spacial score (nSPS) is 10.4. The molecule has 0 amide bonds. The van der Waals surface area contributed by atoms with Gasteiger partial charge >= 0.3 is 11.9 Å². The van der Waals surface area contributed by atoms with Crippen molar-refractivity contribution in [3.8, 4) is 5.69 Å². The minimum atomic E-state index is -1.22. The molecule has 0 aliphatic heterocycles. The average Bonchev–Trinajstić information content (AvgIpc) is 2.86. The van der Waals surface area contributed by atoms with E-state index in [1.165, 1.54) is 23.0 Å². The van der Waals surface area contributed by atoms with Gasteiger partial charge in [-0.15, -0.1) is 5.10 Å². The Labute approximate surface area is 107 Å². The maximum Gasteiger partial charge on any atom is 0.335 e. The Hall–Kier alpha value is -2.74. The van der Waals surface area contributed by atoms with Gasteiger partial charge in [-0.25, -0.2) is 14.3 Å². The van der Waals surface area contributed by atoms with E-state index in [4.69, 9.17) is 15.9 Å². The van der Waals surface area contributed by atoms with Gasteiger partial charge in [-0.2, -0.15) is 0 Å². The van der Waals surface area contributed by atoms with Crippen LogP contribution in [0.2, 0.25) is 0 Å². The summed E-state index contributed by atoms with van der Waals surface area (Å²) in [6.07, 6.45) is 1.42. The summed E-state index contributed by atoms with van der Waals surface area (Å²) in [4.78, 5) is 22.0. The fourth-order valence-corrected chi connectivity index (χ4v) is 1.59. The van der Waals surface area contributed by atoms with Crippen LogP contribution < -0.4 is 5.73 Å². The predicted octanol–water partition coefficient (Wildman–Crippen LogP) is 0.122. The highest BCUT2D eigenvalue weighted by atomic mass is 16.4. The highest BCUT2D eigenvalue weighted by Gasteiger charge is 2.14. The van der Waals surface area contributed by atoms with Crippen molar-refractivity contribution in [3.05, 3.63) is 41.2 Å². The second-order valence-corrected chi connectivity index (χ2v) is 3.72. The van der Waals surface area contributed by atoms with Crippen LogP contribution in [0.4, 0.5) is 0 Å². The molecule has 1 aromatic heterocycles. The Morgan fingerprint density at radius 3 is 2.21 bits per heavy atom. The maximum atomic E-state index is 11.0. The maximum absolute atomic E-state index is 11.0. The number of benzene rings is 1. The van der Waals surface area contributed by atoms with Crippen molar-refractivity contribution in [2.45, 2.75) is 6.54 Å². The predicted molar refractivity (Wildman–Crippen MR) is 63.2 cm³/mol. The van der Waals surface area contributed by atoms with Crippen LogP contribution in [-0.2, 0) is 6.54 Å².